The van der Waals surface area contributed by atoms with Crippen LogP contribution in [-0.2, 0) is 6.42 Å². The summed E-state index contributed by atoms with van der Waals surface area (Å²) in [7, 11) is 0. The van der Waals surface area contributed by atoms with Gasteiger partial charge in [0.2, 0.25) is 0 Å². The Kier molecular flexibility index (Phi) is 6.54. The van der Waals surface area contributed by atoms with Gasteiger partial charge in [-0.25, -0.2) is 0 Å². The Morgan fingerprint density at radius 2 is 1.87 bits per heavy atom. The minimum absolute atomic E-state index is 1.06. The molecule has 0 bridgehead atoms. The van der Waals surface area contributed by atoms with Crippen LogP contribution < -0.4 is 0 Å². The highest BCUT2D eigenvalue weighted by molar-refractivity contribution is 4.89. The molecule has 15 heavy (non-hydrogen) atoms. The number of allylic oxidation sites excluding steroid dienone is 1. The summed E-state index contributed by atoms with van der Waals surface area (Å²) in [6.45, 7) is 3.72. The highest BCUT2D eigenvalue weighted by Crippen LogP contribution is 2.09. The molecule has 0 amide bonds. The van der Waals surface area contributed by atoms with Crippen LogP contribution in [0, 0.1) is 0 Å². The maximum atomic E-state index is 3.96. The molecule has 84 valence electrons. The van der Waals surface area contributed by atoms with Crippen molar-refractivity contribution in [3.8, 4) is 0 Å². The fourth-order valence-corrected chi connectivity index (χ4v) is 1.65. The van der Waals surface area contributed by atoms with E-state index in [0.717, 1.165) is 12.1 Å². The van der Waals surface area contributed by atoms with Crippen LogP contribution in [0.4, 0.5) is 0 Å². The molecule has 0 saturated heterocycles. The summed E-state index contributed by atoms with van der Waals surface area (Å²) in [5.41, 5.74) is 1.08. The Morgan fingerprint density at radius 3 is 2.53 bits per heavy atom. The van der Waals surface area contributed by atoms with Gasteiger partial charge >= 0.3 is 0 Å². The zero-order valence-electron chi connectivity index (χ0n) is 9.41. The zero-order chi connectivity index (χ0) is 10.8. The molecular formula is C12H21N3. The number of nitrogens with zero attached hydrogens (tertiary/aromatic N) is 2. The molecule has 1 rings (SSSR count). The predicted molar refractivity (Wildman–Crippen MR) is 62.6 cm³/mol. The van der Waals surface area contributed by atoms with Gasteiger partial charge in [0.25, 0.3) is 0 Å². The predicted octanol–water partition coefficient (Wildman–Crippen LogP) is 3.26. The Morgan fingerprint density at radius 1 is 1.13 bits per heavy atom. The van der Waals surface area contributed by atoms with E-state index in [1.807, 2.05) is 12.3 Å². The number of nitrogens with one attached hydrogen (secondary N) is 1. The van der Waals surface area contributed by atoms with E-state index in [-0.39, 0.29) is 0 Å². The quantitative estimate of drug-likeness (QED) is 0.499. The van der Waals surface area contributed by atoms with Gasteiger partial charge in [-0.15, -0.1) is 11.7 Å². The first kappa shape index (κ1) is 12.0. The van der Waals surface area contributed by atoms with Crippen molar-refractivity contribution < 1.29 is 0 Å². The van der Waals surface area contributed by atoms with Gasteiger partial charge in [-0.05, 0) is 25.7 Å². The molecule has 0 unspecified atom stereocenters. The molecule has 1 N–H and O–H groups in total. The number of rotatable bonds is 9. The minimum Gasteiger partial charge on any atom is -0.265 e. The molecule has 0 aliphatic heterocycles. The summed E-state index contributed by atoms with van der Waals surface area (Å²) >= 11 is 0. The lowest BCUT2D eigenvalue weighted by molar-refractivity contribution is 0.594. The van der Waals surface area contributed by atoms with Crippen molar-refractivity contribution in [3.63, 3.8) is 0 Å². The average Bonchev–Trinajstić information content (AvgIpc) is 2.75. The highest BCUT2D eigenvalue weighted by atomic mass is 15.3. The summed E-state index contributed by atoms with van der Waals surface area (Å²) in [4.78, 5) is 0. The summed E-state index contributed by atoms with van der Waals surface area (Å²) < 4.78 is 0. The van der Waals surface area contributed by atoms with Gasteiger partial charge in [-0.1, -0.05) is 37.0 Å². The fraction of sp³-hybridized carbons (Fsp3) is 0.667. The Balaban J connectivity index is 1.83. The van der Waals surface area contributed by atoms with Crippen LogP contribution >= 0.6 is 0 Å². The van der Waals surface area contributed by atoms with Crippen LogP contribution in [0.2, 0.25) is 0 Å². The smallest absolute Gasteiger partial charge is 0.0824 e. The fourth-order valence-electron chi connectivity index (χ4n) is 1.65. The SMILES string of the molecule is C=CCCCCCCCCc1c[nH]nn1. The normalized spacial score (nSPS) is 10.4. The van der Waals surface area contributed by atoms with E-state index in [9.17, 15) is 0 Å². The van der Waals surface area contributed by atoms with E-state index >= 15 is 0 Å². The second-order valence-corrected chi connectivity index (χ2v) is 3.91. The Hall–Kier alpha value is -1.12. The van der Waals surface area contributed by atoms with Crippen LogP contribution in [0.15, 0.2) is 18.9 Å². The number of aromatic amines is 1. The second-order valence-electron chi connectivity index (χ2n) is 3.91. The van der Waals surface area contributed by atoms with Gasteiger partial charge in [0, 0.05) is 6.20 Å². The van der Waals surface area contributed by atoms with Crippen LogP contribution in [0.5, 0.6) is 0 Å². The molecule has 0 atom stereocenters. The van der Waals surface area contributed by atoms with E-state index in [4.69, 9.17) is 0 Å². The first-order valence-electron chi connectivity index (χ1n) is 5.89. The van der Waals surface area contributed by atoms with Crippen LogP contribution in [0.25, 0.3) is 0 Å². The van der Waals surface area contributed by atoms with Crippen molar-refractivity contribution >= 4 is 0 Å². The first-order chi connectivity index (χ1) is 7.43. The summed E-state index contributed by atoms with van der Waals surface area (Å²) in [6.07, 6.45) is 14.0. The zero-order valence-corrected chi connectivity index (χ0v) is 9.41. The van der Waals surface area contributed by atoms with E-state index in [1.54, 1.807) is 0 Å². The lowest BCUT2D eigenvalue weighted by Crippen LogP contribution is -1.86. The standard InChI is InChI=1S/C12H21N3/c1-2-3-4-5-6-7-8-9-10-12-11-13-15-14-12/h2,11H,1,3-10H2,(H,13,14,15). The molecule has 0 fully saturated rings. The van der Waals surface area contributed by atoms with Crippen molar-refractivity contribution in [2.75, 3.05) is 0 Å². The molecule has 1 aromatic rings. The molecular weight excluding hydrogens is 186 g/mol. The lowest BCUT2D eigenvalue weighted by atomic mass is 10.1. The molecule has 0 aromatic carbocycles. The molecule has 0 saturated carbocycles. The number of unbranched alkanes of at least 4 members (excludes halogenated alkanes) is 6. The van der Waals surface area contributed by atoms with Crippen molar-refractivity contribution in [3.05, 3.63) is 24.5 Å². The molecule has 0 spiro atoms. The number of hydrogen-bond acceptors (Lipinski definition) is 2. The maximum absolute atomic E-state index is 3.96. The first-order valence-corrected chi connectivity index (χ1v) is 5.89. The van der Waals surface area contributed by atoms with Crippen molar-refractivity contribution in [1.29, 1.82) is 0 Å². The van der Waals surface area contributed by atoms with Crippen molar-refractivity contribution in [2.24, 2.45) is 0 Å². The van der Waals surface area contributed by atoms with Crippen molar-refractivity contribution in [2.45, 2.75) is 51.4 Å². The number of H-pyrrole nitrogens is 1. The van der Waals surface area contributed by atoms with E-state index in [1.165, 1.54) is 44.9 Å². The van der Waals surface area contributed by atoms with Crippen LogP contribution in [0.1, 0.15) is 50.6 Å². The van der Waals surface area contributed by atoms with E-state index < -0.39 is 0 Å². The van der Waals surface area contributed by atoms with Crippen LogP contribution in [-0.4, -0.2) is 15.4 Å². The van der Waals surface area contributed by atoms with Gasteiger partial charge in [0.15, 0.2) is 0 Å². The summed E-state index contributed by atoms with van der Waals surface area (Å²) in [5.74, 6) is 0. The molecule has 0 radical (unpaired) electrons. The Bertz CT molecular complexity index is 241. The third-order valence-corrected chi connectivity index (χ3v) is 2.56. The highest BCUT2D eigenvalue weighted by Gasteiger charge is 1.95. The minimum atomic E-state index is 1.06. The second kappa shape index (κ2) is 8.21. The molecule has 3 heteroatoms. The molecule has 1 aromatic heterocycles. The third-order valence-electron chi connectivity index (χ3n) is 2.56. The Labute approximate surface area is 92.0 Å². The van der Waals surface area contributed by atoms with Gasteiger partial charge in [-0.2, -0.15) is 0 Å². The van der Waals surface area contributed by atoms with Crippen molar-refractivity contribution in [1.82, 2.24) is 15.4 Å². The largest absolute Gasteiger partial charge is 0.265 e. The summed E-state index contributed by atoms with van der Waals surface area (Å²) in [5, 5.41) is 10.4. The number of hydrogen-bond donors (Lipinski definition) is 1. The monoisotopic (exact) mass is 207 g/mol. The lowest BCUT2D eigenvalue weighted by Gasteiger charge is -1.99. The van der Waals surface area contributed by atoms with Gasteiger partial charge in [-0.3, -0.25) is 5.10 Å². The average molecular weight is 207 g/mol. The van der Waals surface area contributed by atoms with Crippen LogP contribution in [0.3, 0.4) is 0 Å². The molecule has 0 aliphatic rings. The van der Waals surface area contributed by atoms with Gasteiger partial charge in [0.05, 0.1) is 5.69 Å². The van der Waals surface area contributed by atoms with E-state index in [0.29, 0.717) is 0 Å². The maximum Gasteiger partial charge on any atom is 0.0824 e. The topological polar surface area (TPSA) is 41.6 Å². The third kappa shape index (κ3) is 6.05. The van der Waals surface area contributed by atoms with E-state index in [2.05, 4.69) is 22.0 Å². The molecule has 0 aliphatic carbocycles. The van der Waals surface area contributed by atoms with Gasteiger partial charge in [0.1, 0.15) is 0 Å². The number of aromatic nitrogens is 3. The molecule has 1 heterocycles. The molecule has 3 nitrogen and oxygen atoms in total. The number of aryl methyl sites for hydroxylation is 1. The summed E-state index contributed by atoms with van der Waals surface area (Å²) in [6, 6.07) is 0. The van der Waals surface area contributed by atoms with Gasteiger partial charge < -0.3 is 0 Å².